The van der Waals surface area contributed by atoms with Crippen LogP contribution in [0.1, 0.15) is 64.2 Å². The fourth-order valence-electron chi connectivity index (χ4n) is 4.89. The SMILES string of the molecule is CC(C)NC(=O)N(C)C[C@@H]1OCCCC[C@@H](C)Oc2ccc(NS(=O)(=O)c3cn(C)cn3)cc2C(=O)N([C@H](C)CO)C[C@H]1C. The van der Waals surface area contributed by atoms with Crippen LogP contribution in [-0.2, 0) is 21.8 Å². The summed E-state index contributed by atoms with van der Waals surface area (Å²) < 4.78 is 42.5. The number of aliphatic hydroxyl groups is 1. The molecule has 1 aromatic heterocycles. The van der Waals surface area contributed by atoms with Crippen molar-refractivity contribution >= 4 is 27.6 Å². The molecule has 3 rings (SSSR count). The minimum absolute atomic E-state index is 0.0200. The van der Waals surface area contributed by atoms with Crippen LogP contribution in [0, 0.1) is 5.92 Å². The summed E-state index contributed by atoms with van der Waals surface area (Å²) in [6.07, 6.45) is 4.47. The number of benzene rings is 1. The Labute approximate surface area is 261 Å². The predicted octanol–water partition coefficient (Wildman–Crippen LogP) is 3.07. The van der Waals surface area contributed by atoms with Crippen LogP contribution >= 0.6 is 0 Å². The summed E-state index contributed by atoms with van der Waals surface area (Å²) in [4.78, 5) is 34.0. The summed E-state index contributed by atoms with van der Waals surface area (Å²) >= 11 is 0. The number of hydrogen-bond donors (Lipinski definition) is 3. The zero-order valence-corrected chi connectivity index (χ0v) is 27.6. The molecular formula is C30H48N6O7S. The molecule has 0 radical (unpaired) electrons. The van der Waals surface area contributed by atoms with E-state index in [0.717, 1.165) is 12.8 Å². The summed E-state index contributed by atoms with van der Waals surface area (Å²) in [5.41, 5.74) is 0.331. The van der Waals surface area contributed by atoms with E-state index >= 15 is 0 Å². The van der Waals surface area contributed by atoms with E-state index < -0.39 is 22.0 Å². The quantitative estimate of drug-likeness (QED) is 0.399. The average Bonchev–Trinajstić information content (AvgIpc) is 3.41. The van der Waals surface area contributed by atoms with Crippen LogP contribution < -0.4 is 14.8 Å². The smallest absolute Gasteiger partial charge is 0.317 e. The first-order valence-corrected chi connectivity index (χ1v) is 16.6. The van der Waals surface area contributed by atoms with Gasteiger partial charge in [-0.25, -0.2) is 9.78 Å². The number of aryl methyl sites for hydroxylation is 1. The maximum atomic E-state index is 14.2. The topological polar surface area (TPSA) is 155 Å². The van der Waals surface area contributed by atoms with Crippen molar-refractivity contribution in [1.82, 2.24) is 24.7 Å². The Bertz CT molecular complexity index is 1370. The van der Waals surface area contributed by atoms with Crippen LogP contribution in [0.25, 0.3) is 0 Å². The number of imidazole rings is 1. The van der Waals surface area contributed by atoms with Gasteiger partial charge in [-0.2, -0.15) is 8.42 Å². The van der Waals surface area contributed by atoms with E-state index in [1.807, 2.05) is 27.7 Å². The lowest BCUT2D eigenvalue weighted by molar-refractivity contribution is -0.0122. The maximum absolute atomic E-state index is 14.2. The van der Waals surface area contributed by atoms with Gasteiger partial charge in [-0.05, 0) is 65.2 Å². The molecule has 14 heteroatoms. The lowest BCUT2D eigenvalue weighted by Crippen LogP contribution is -2.49. The second kappa shape index (κ2) is 15.6. The molecule has 2 heterocycles. The summed E-state index contributed by atoms with van der Waals surface area (Å²) in [5.74, 6) is -0.332. The molecule has 3 N–H and O–H groups in total. The van der Waals surface area contributed by atoms with Gasteiger partial charge in [0.1, 0.15) is 5.75 Å². The molecule has 0 unspecified atom stereocenters. The van der Waals surface area contributed by atoms with Crippen molar-refractivity contribution in [3.05, 3.63) is 36.3 Å². The Hall–Kier alpha value is -3.36. The molecule has 4 atom stereocenters. The summed E-state index contributed by atoms with van der Waals surface area (Å²) in [5, 5.41) is 12.9. The Balaban J connectivity index is 1.98. The number of nitrogens with one attached hydrogen (secondary N) is 2. The van der Waals surface area contributed by atoms with E-state index in [2.05, 4.69) is 15.0 Å². The van der Waals surface area contributed by atoms with E-state index in [1.54, 1.807) is 43.0 Å². The standard InChI is InChI=1S/C30H48N6O7S/c1-20(2)32-30(39)35(7)16-27-21(3)15-36(22(4)18-37)29(38)25-14-24(33-44(40,41)28-17-34(6)19-31-28)11-12-26(25)43-23(5)10-8-9-13-42-27/h11-12,14,17,19-23,27,33,37H,8-10,13,15-16,18H2,1-7H3,(H,32,39)/t21-,22-,23-,27+/m1/s1. The molecule has 3 amide bonds. The second-order valence-electron chi connectivity index (χ2n) is 12.0. The third-order valence-electron chi connectivity index (χ3n) is 7.47. The summed E-state index contributed by atoms with van der Waals surface area (Å²) in [7, 11) is -0.637. The molecule has 2 aromatic rings. The molecule has 0 aliphatic carbocycles. The number of anilines is 1. The largest absolute Gasteiger partial charge is 0.490 e. The van der Waals surface area contributed by atoms with E-state index in [0.29, 0.717) is 25.3 Å². The fourth-order valence-corrected chi connectivity index (χ4v) is 5.93. The Kier molecular flexibility index (Phi) is 12.4. The molecular weight excluding hydrogens is 588 g/mol. The number of fused-ring (bicyclic) bond motifs is 1. The molecule has 1 aliphatic heterocycles. The number of carbonyl (C=O) groups excluding carboxylic acids is 2. The van der Waals surface area contributed by atoms with E-state index in [1.165, 1.54) is 23.2 Å². The van der Waals surface area contributed by atoms with Gasteiger partial charge in [0.05, 0.1) is 36.7 Å². The maximum Gasteiger partial charge on any atom is 0.317 e. The molecule has 0 spiro atoms. The van der Waals surface area contributed by atoms with Crippen LogP contribution in [0.4, 0.5) is 10.5 Å². The van der Waals surface area contributed by atoms with Crippen molar-refractivity contribution in [2.75, 3.05) is 38.1 Å². The molecule has 246 valence electrons. The number of sulfonamides is 1. The first-order valence-electron chi connectivity index (χ1n) is 15.1. The fraction of sp³-hybridized carbons (Fsp3) is 0.633. The van der Waals surface area contributed by atoms with Crippen LogP contribution in [0.3, 0.4) is 0 Å². The molecule has 1 aromatic carbocycles. The number of amides is 3. The highest BCUT2D eigenvalue weighted by atomic mass is 32.2. The number of likely N-dealkylation sites (N-methyl/N-ethyl adjacent to an activating group) is 1. The molecule has 0 saturated heterocycles. The zero-order chi connectivity index (χ0) is 32.6. The first-order chi connectivity index (χ1) is 20.7. The van der Waals surface area contributed by atoms with Crippen LogP contribution in [0.15, 0.2) is 35.7 Å². The van der Waals surface area contributed by atoms with E-state index in [9.17, 15) is 23.1 Å². The van der Waals surface area contributed by atoms with Crippen LogP contribution in [0.5, 0.6) is 5.75 Å². The molecule has 0 saturated carbocycles. The highest BCUT2D eigenvalue weighted by molar-refractivity contribution is 7.92. The number of aromatic nitrogens is 2. The normalized spacial score (nSPS) is 21.2. The number of nitrogens with zero attached hydrogens (tertiary/aromatic N) is 4. The van der Waals surface area contributed by atoms with Gasteiger partial charge in [0, 0.05) is 57.6 Å². The molecule has 44 heavy (non-hydrogen) atoms. The zero-order valence-electron chi connectivity index (χ0n) is 26.8. The first kappa shape index (κ1) is 35.1. The van der Waals surface area contributed by atoms with Crippen molar-refractivity contribution in [2.24, 2.45) is 13.0 Å². The van der Waals surface area contributed by atoms with Crippen molar-refractivity contribution in [3.63, 3.8) is 0 Å². The van der Waals surface area contributed by atoms with Gasteiger partial charge in [-0.15, -0.1) is 0 Å². The van der Waals surface area contributed by atoms with Crippen LogP contribution in [0.2, 0.25) is 0 Å². The van der Waals surface area contributed by atoms with Gasteiger partial charge in [0.25, 0.3) is 15.9 Å². The third-order valence-corrected chi connectivity index (χ3v) is 8.74. The average molecular weight is 637 g/mol. The van der Waals surface area contributed by atoms with Crippen molar-refractivity contribution in [2.45, 2.75) is 83.2 Å². The summed E-state index contributed by atoms with van der Waals surface area (Å²) in [6, 6.07) is 3.79. The van der Waals surface area contributed by atoms with Crippen LogP contribution in [-0.4, -0.2) is 102 Å². The molecule has 0 fully saturated rings. The third kappa shape index (κ3) is 9.57. The Morgan fingerprint density at radius 1 is 1.23 bits per heavy atom. The Morgan fingerprint density at radius 2 is 1.95 bits per heavy atom. The monoisotopic (exact) mass is 636 g/mol. The molecule has 0 bridgehead atoms. The number of rotatable bonds is 8. The van der Waals surface area contributed by atoms with Crippen molar-refractivity contribution < 1.29 is 32.6 Å². The number of hydrogen-bond acceptors (Lipinski definition) is 8. The number of ether oxygens (including phenoxy) is 2. The molecule has 1 aliphatic rings. The highest BCUT2D eigenvalue weighted by Gasteiger charge is 2.31. The van der Waals surface area contributed by atoms with E-state index in [-0.39, 0.29) is 59.6 Å². The van der Waals surface area contributed by atoms with Crippen molar-refractivity contribution in [3.8, 4) is 5.75 Å². The number of aliphatic hydroxyl groups excluding tert-OH is 1. The second-order valence-corrected chi connectivity index (χ2v) is 13.6. The lowest BCUT2D eigenvalue weighted by Gasteiger charge is -2.36. The van der Waals surface area contributed by atoms with Gasteiger partial charge >= 0.3 is 6.03 Å². The van der Waals surface area contributed by atoms with E-state index in [4.69, 9.17) is 9.47 Å². The predicted molar refractivity (Wildman–Crippen MR) is 167 cm³/mol. The van der Waals surface area contributed by atoms with Gasteiger partial charge in [-0.1, -0.05) is 6.92 Å². The van der Waals surface area contributed by atoms with Crippen molar-refractivity contribution in [1.29, 1.82) is 0 Å². The Morgan fingerprint density at radius 3 is 2.59 bits per heavy atom. The number of urea groups is 1. The van der Waals surface area contributed by atoms with Gasteiger partial charge < -0.3 is 34.3 Å². The molecule has 13 nitrogen and oxygen atoms in total. The lowest BCUT2D eigenvalue weighted by atomic mass is 10.0. The summed E-state index contributed by atoms with van der Waals surface area (Å²) in [6.45, 7) is 10.1. The minimum atomic E-state index is -4.01. The minimum Gasteiger partial charge on any atom is -0.490 e. The van der Waals surface area contributed by atoms with Gasteiger partial charge in [0.2, 0.25) is 0 Å². The highest BCUT2D eigenvalue weighted by Crippen LogP contribution is 2.29. The number of carbonyl (C=O) groups is 2. The van der Waals surface area contributed by atoms with Gasteiger partial charge in [0.15, 0.2) is 5.03 Å². The van der Waals surface area contributed by atoms with Gasteiger partial charge in [-0.3, -0.25) is 9.52 Å².